The highest BCUT2D eigenvalue weighted by atomic mass is 19.1. The van der Waals surface area contributed by atoms with Crippen molar-refractivity contribution in [1.82, 2.24) is 19.9 Å². The number of likely N-dealkylation sites (tertiary alicyclic amines) is 1. The van der Waals surface area contributed by atoms with Crippen molar-refractivity contribution in [3.63, 3.8) is 0 Å². The molecule has 1 N–H and O–H groups in total. The standard InChI is InChI=1S/C25H21FN4O6/c1-14-11-15(8-9-19(14)34-13-21(31)30-10-4-6-18(30)24(32)33)22-28-17-12-27-25(29-23(17)36-22)35-20-7-3-2-5-16(20)26/h2-3,5,7-9,11-12,18H,4,6,10,13H2,1H3,(H,32,33)/t18-/m0/s1. The van der Waals surface area contributed by atoms with Crippen LogP contribution in [0.3, 0.4) is 0 Å². The van der Waals surface area contributed by atoms with Gasteiger partial charge in [0.15, 0.2) is 18.2 Å². The second-order valence-corrected chi connectivity index (χ2v) is 8.25. The van der Waals surface area contributed by atoms with Gasteiger partial charge in [-0.1, -0.05) is 12.1 Å². The summed E-state index contributed by atoms with van der Waals surface area (Å²) in [7, 11) is 0. The highest BCUT2D eigenvalue weighted by Crippen LogP contribution is 2.29. The number of aliphatic carboxylic acids is 1. The number of benzene rings is 2. The lowest BCUT2D eigenvalue weighted by Gasteiger charge is -2.21. The number of carboxylic acids is 1. The van der Waals surface area contributed by atoms with Crippen molar-refractivity contribution >= 4 is 23.1 Å². The molecule has 184 valence electrons. The molecule has 0 bridgehead atoms. The van der Waals surface area contributed by atoms with Crippen LogP contribution in [-0.2, 0) is 9.59 Å². The predicted molar refractivity (Wildman–Crippen MR) is 124 cm³/mol. The minimum atomic E-state index is -1.00. The van der Waals surface area contributed by atoms with E-state index in [2.05, 4.69) is 15.0 Å². The summed E-state index contributed by atoms with van der Waals surface area (Å²) in [5, 5.41) is 9.27. The molecule has 1 fully saturated rings. The molecule has 0 aliphatic carbocycles. The number of rotatable bonds is 7. The van der Waals surface area contributed by atoms with Gasteiger partial charge in [0.1, 0.15) is 17.3 Å². The Balaban J connectivity index is 1.29. The van der Waals surface area contributed by atoms with Gasteiger partial charge >= 0.3 is 12.0 Å². The number of para-hydroxylation sites is 1. The maximum Gasteiger partial charge on any atom is 0.326 e. The number of carbonyl (C=O) groups is 2. The number of aryl methyl sites for hydroxylation is 1. The Morgan fingerprint density at radius 2 is 2.03 bits per heavy atom. The van der Waals surface area contributed by atoms with Gasteiger partial charge in [-0.25, -0.2) is 19.2 Å². The van der Waals surface area contributed by atoms with Gasteiger partial charge < -0.3 is 23.9 Å². The quantitative estimate of drug-likeness (QED) is 0.407. The van der Waals surface area contributed by atoms with Crippen molar-refractivity contribution < 1.29 is 33.0 Å². The van der Waals surface area contributed by atoms with Crippen molar-refractivity contribution in [3.8, 4) is 29.0 Å². The van der Waals surface area contributed by atoms with Gasteiger partial charge in [0.25, 0.3) is 11.6 Å². The number of hydrogen-bond acceptors (Lipinski definition) is 8. The molecule has 3 heterocycles. The number of hydrogen-bond donors (Lipinski definition) is 1. The van der Waals surface area contributed by atoms with Gasteiger partial charge in [0.05, 0.1) is 6.20 Å². The maximum atomic E-state index is 13.8. The van der Waals surface area contributed by atoms with E-state index in [1.165, 1.54) is 23.2 Å². The zero-order chi connectivity index (χ0) is 25.2. The molecule has 36 heavy (non-hydrogen) atoms. The second-order valence-electron chi connectivity index (χ2n) is 8.25. The fraction of sp³-hybridized carbons (Fsp3) is 0.240. The van der Waals surface area contributed by atoms with Crippen LogP contribution in [-0.4, -0.2) is 56.0 Å². The van der Waals surface area contributed by atoms with Crippen LogP contribution < -0.4 is 9.47 Å². The fourth-order valence-electron chi connectivity index (χ4n) is 4.01. The van der Waals surface area contributed by atoms with Crippen LogP contribution >= 0.6 is 0 Å². The Bertz CT molecular complexity index is 1460. The van der Waals surface area contributed by atoms with Crippen LogP contribution in [0.15, 0.2) is 53.1 Å². The molecule has 2 aromatic carbocycles. The number of aromatic nitrogens is 3. The van der Waals surface area contributed by atoms with E-state index in [1.54, 1.807) is 30.3 Å². The van der Waals surface area contributed by atoms with Crippen LogP contribution in [0.25, 0.3) is 22.7 Å². The number of fused-ring (bicyclic) bond motifs is 1. The molecule has 0 saturated carbocycles. The smallest absolute Gasteiger partial charge is 0.326 e. The van der Waals surface area contributed by atoms with E-state index in [0.29, 0.717) is 36.2 Å². The molecule has 1 saturated heterocycles. The van der Waals surface area contributed by atoms with Crippen LogP contribution in [0, 0.1) is 12.7 Å². The first-order chi connectivity index (χ1) is 17.4. The van der Waals surface area contributed by atoms with Crippen molar-refractivity contribution in [2.24, 2.45) is 0 Å². The highest BCUT2D eigenvalue weighted by Gasteiger charge is 2.34. The largest absolute Gasteiger partial charge is 0.483 e. The van der Waals surface area contributed by atoms with Gasteiger partial charge in [-0.15, -0.1) is 0 Å². The topological polar surface area (TPSA) is 128 Å². The number of nitrogens with zero attached hydrogens (tertiary/aromatic N) is 4. The van der Waals surface area contributed by atoms with Gasteiger partial charge in [-0.05, 0) is 55.7 Å². The second kappa shape index (κ2) is 9.61. The molecule has 4 aromatic rings. The molecule has 0 radical (unpaired) electrons. The number of halogens is 1. The van der Waals surface area contributed by atoms with E-state index in [4.69, 9.17) is 13.9 Å². The Morgan fingerprint density at radius 3 is 2.81 bits per heavy atom. The van der Waals surface area contributed by atoms with E-state index < -0.39 is 17.8 Å². The fourth-order valence-corrected chi connectivity index (χ4v) is 4.01. The Hall–Kier alpha value is -4.54. The van der Waals surface area contributed by atoms with Crippen molar-refractivity contribution in [3.05, 3.63) is 60.0 Å². The zero-order valence-electron chi connectivity index (χ0n) is 19.2. The number of oxazole rings is 1. The lowest BCUT2D eigenvalue weighted by atomic mass is 10.1. The number of ether oxygens (including phenoxy) is 2. The van der Waals surface area contributed by atoms with Crippen molar-refractivity contribution in [1.29, 1.82) is 0 Å². The third-order valence-corrected chi connectivity index (χ3v) is 5.80. The summed E-state index contributed by atoms with van der Waals surface area (Å²) < 4.78 is 30.7. The summed E-state index contributed by atoms with van der Waals surface area (Å²) >= 11 is 0. The molecule has 1 aliphatic rings. The SMILES string of the molecule is Cc1cc(-c2nc3cnc(Oc4ccccc4F)nc3o2)ccc1OCC(=O)N1CCC[C@H]1C(=O)O. The molecular weight excluding hydrogens is 471 g/mol. The summed E-state index contributed by atoms with van der Waals surface area (Å²) in [6.45, 7) is 1.96. The molecular formula is C25H21FN4O6. The van der Waals surface area contributed by atoms with Gasteiger partial charge in [0.2, 0.25) is 5.89 Å². The first-order valence-electron chi connectivity index (χ1n) is 11.2. The van der Waals surface area contributed by atoms with Crippen LogP contribution in [0.2, 0.25) is 0 Å². The molecule has 0 spiro atoms. The first kappa shape index (κ1) is 23.2. The van der Waals surface area contributed by atoms with E-state index >= 15 is 0 Å². The van der Waals surface area contributed by atoms with Gasteiger partial charge in [-0.3, -0.25) is 4.79 Å². The number of carboxylic acid groups (broad SMARTS) is 1. The van der Waals surface area contributed by atoms with Gasteiger partial charge in [0, 0.05) is 12.1 Å². The monoisotopic (exact) mass is 492 g/mol. The Kier molecular flexibility index (Phi) is 6.19. The summed E-state index contributed by atoms with van der Waals surface area (Å²) in [4.78, 5) is 37.7. The first-order valence-corrected chi connectivity index (χ1v) is 11.2. The predicted octanol–water partition coefficient (Wildman–Crippen LogP) is 3.98. The summed E-state index contributed by atoms with van der Waals surface area (Å²) in [5.74, 6) is -1.15. The van der Waals surface area contributed by atoms with Crippen LogP contribution in [0.1, 0.15) is 18.4 Å². The average Bonchev–Trinajstić information content (AvgIpc) is 3.52. The average molecular weight is 492 g/mol. The normalized spacial score (nSPS) is 15.3. The van der Waals surface area contributed by atoms with Crippen LogP contribution in [0.4, 0.5) is 4.39 Å². The summed E-state index contributed by atoms with van der Waals surface area (Å²) in [6, 6.07) is 10.2. The Labute approximate surface area is 204 Å². The zero-order valence-corrected chi connectivity index (χ0v) is 19.2. The number of carbonyl (C=O) groups excluding carboxylic acids is 1. The molecule has 2 aromatic heterocycles. The van der Waals surface area contributed by atoms with E-state index in [9.17, 15) is 19.1 Å². The minimum absolute atomic E-state index is 0.00973. The lowest BCUT2D eigenvalue weighted by Crippen LogP contribution is -2.42. The molecule has 1 amide bonds. The summed E-state index contributed by atoms with van der Waals surface area (Å²) in [6.07, 6.45) is 2.52. The molecule has 11 heteroatoms. The van der Waals surface area contributed by atoms with Crippen molar-refractivity contribution in [2.45, 2.75) is 25.8 Å². The highest BCUT2D eigenvalue weighted by molar-refractivity contribution is 5.85. The molecule has 1 aliphatic heterocycles. The van der Waals surface area contributed by atoms with E-state index in [1.807, 2.05) is 6.92 Å². The summed E-state index contributed by atoms with van der Waals surface area (Å²) in [5.41, 5.74) is 1.95. The molecule has 10 nitrogen and oxygen atoms in total. The molecule has 5 rings (SSSR count). The van der Waals surface area contributed by atoms with E-state index in [0.717, 1.165) is 5.56 Å². The maximum absolute atomic E-state index is 13.8. The van der Waals surface area contributed by atoms with E-state index in [-0.39, 0.29) is 35.9 Å². The third kappa shape index (κ3) is 4.67. The third-order valence-electron chi connectivity index (χ3n) is 5.80. The minimum Gasteiger partial charge on any atom is -0.483 e. The molecule has 1 atom stereocenters. The Morgan fingerprint density at radius 1 is 1.19 bits per heavy atom. The van der Waals surface area contributed by atoms with Crippen molar-refractivity contribution in [2.75, 3.05) is 13.2 Å². The molecule has 0 unspecified atom stereocenters. The lowest BCUT2D eigenvalue weighted by molar-refractivity contribution is -0.148. The van der Waals surface area contributed by atoms with Crippen LogP contribution in [0.5, 0.6) is 17.5 Å². The van der Waals surface area contributed by atoms with Gasteiger partial charge in [-0.2, -0.15) is 4.98 Å². The number of amides is 1.